The number of amides is 2. The molecule has 0 heterocycles. The molecule has 0 aliphatic heterocycles. The number of hydrogen-bond acceptors (Lipinski definition) is 3. The van der Waals surface area contributed by atoms with E-state index in [2.05, 4.69) is 10.6 Å². The van der Waals surface area contributed by atoms with Gasteiger partial charge in [0.25, 0.3) is 5.91 Å². The van der Waals surface area contributed by atoms with Crippen molar-refractivity contribution in [1.82, 2.24) is 10.6 Å². The molecule has 1 aromatic rings. The second kappa shape index (κ2) is 9.60. The first-order valence-corrected chi connectivity index (χ1v) is 6.86. The number of carbonyl (C=O) groups is 2. The molecule has 4 N–H and O–H groups in total. The number of nitrogens with two attached hydrogens (primary N) is 1. The summed E-state index contributed by atoms with van der Waals surface area (Å²) in [6, 6.07) is 5.87. The molecule has 0 saturated carbocycles. The molecule has 0 bridgehead atoms. The molecule has 0 aromatic heterocycles. The normalized spacial score (nSPS) is 12.8. The van der Waals surface area contributed by atoms with Crippen LogP contribution in [-0.4, -0.2) is 30.9 Å². The van der Waals surface area contributed by atoms with Crippen molar-refractivity contribution in [2.75, 3.05) is 13.1 Å². The number of carbonyl (C=O) groups excluding carboxylic acids is 2. The Labute approximate surface area is 136 Å². The highest BCUT2D eigenvalue weighted by Crippen LogP contribution is 2.09. The molecule has 0 saturated heterocycles. The van der Waals surface area contributed by atoms with E-state index in [0.717, 1.165) is 0 Å². The fraction of sp³-hybridized carbons (Fsp3) is 0.429. The van der Waals surface area contributed by atoms with Gasteiger partial charge >= 0.3 is 0 Å². The van der Waals surface area contributed by atoms with Crippen LogP contribution in [0.2, 0.25) is 5.02 Å². The van der Waals surface area contributed by atoms with Gasteiger partial charge in [0.15, 0.2) is 0 Å². The van der Waals surface area contributed by atoms with E-state index in [-0.39, 0.29) is 30.1 Å². The van der Waals surface area contributed by atoms with Gasteiger partial charge in [-0.15, -0.1) is 12.4 Å². The van der Waals surface area contributed by atoms with Gasteiger partial charge in [-0.25, -0.2) is 0 Å². The molecule has 0 aliphatic carbocycles. The van der Waals surface area contributed by atoms with Crippen LogP contribution in [0.1, 0.15) is 24.2 Å². The van der Waals surface area contributed by atoms with Crippen molar-refractivity contribution in [3.05, 3.63) is 34.9 Å². The van der Waals surface area contributed by atoms with Gasteiger partial charge in [-0.05, 0) is 43.7 Å². The Balaban J connectivity index is 0.00000400. The summed E-state index contributed by atoms with van der Waals surface area (Å²) in [5.74, 6) is -0.332. The second-order valence-electron chi connectivity index (χ2n) is 4.79. The Morgan fingerprint density at radius 1 is 1.24 bits per heavy atom. The summed E-state index contributed by atoms with van der Waals surface area (Å²) in [6.45, 7) is 4.58. The van der Waals surface area contributed by atoms with Crippen LogP contribution in [0.25, 0.3) is 0 Å². The van der Waals surface area contributed by atoms with Crippen LogP contribution >= 0.6 is 24.0 Å². The number of benzene rings is 1. The Morgan fingerprint density at radius 3 is 2.33 bits per heavy atom. The van der Waals surface area contributed by atoms with Gasteiger partial charge in [0.05, 0.1) is 0 Å². The monoisotopic (exact) mass is 333 g/mol. The van der Waals surface area contributed by atoms with Crippen LogP contribution in [0.5, 0.6) is 0 Å². The van der Waals surface area contributed by atoms with Crippen LogP contribution in [0.3, 0.4) is 0 Å². The van der Waals surface area contributed by atoms with Crippen molar-refractivity contribution in [2.45, 2.75) is 19.9 Å². The van der Waals surface area contributed by atoms with Crippen LogP contribution < -0.4 is 16.4 Å². The fourth-order valence-corrected chi connectivity index (χ4v) is 1.58. The number of rotatable bonds is 6. The Hall–Kier alpha value is -1.30. The summed E-state index contributed by atoms with van der Waals surface area (Å²) in [5, 5.41) is 5.93. The molecule has 2 amide bonds. The van der Waals surface area contributed by atoms with Crippen LogP contribution in [0.15, 0.2) is 24.3 Å². The minimum Gasteiger partial charge on any atom is -0.354 e. The first kappa shape index (κ1) is 19.7. The van der Waals surface area contributed by atoms with Gasteiger partial charge in [0, 0.05) is 17.1 Å². The Kier molecular flexibility index (Phi) is 9.01. The van der Waals surface area contributed by atoms with Gasteiger partial charge in [-0.1, -0.05) is 18.5 Å². The first-order chi connectivity index (χ1) is 9.43. The second-order valence-corrected chi connectivity index (χ2v) is 5.22. The maximum absolute atomic E-state index is 11.9. The molecule has 0 spiro atoms. The molecule has 118 valence electrons. The molecule has 0 fully saturated rings. The molecule has 2 unspecified atom stereocenters. The molecule has 0 radical (unpaired) electrons. The third kappa shape index (κ3) is 6.80. The van der Waals surface area contributed by atoms with Gasteiger partial charge in [-0.3, -0.25) is 9.59 Å². The van der Waals surface area contributed by atoms with E-state index in [1.807, 2.05) is 6.92 Å². The predicted molar refractivity (Wildman–Crippen MR) is 86.9 cm³/mol. The number of halogens is 2. The van der Waals surface area contributed by atoms with Crippen LogP contribution in [0.4, 0.5) is 0 Å². The highest BCUT2D eigenvalue weighted by molar-refractivity contribution is 6.30. The van der Waals surface area contributed by atoms with E-state index in [1.165, 1.54) is 0 Å². The van der Waals surface area contributed by atoms with Gasteiger partial charge in [0.2, 0.25) is 5.91 Å². The third-order valence-corrected chi connectivity index (χ3v) is 3.13. The third-order valence-electron chi connectivity index (χ3n) is 2.87. The van der Waals surface area contributed by atoms with Crippen LogP contribution in [0, 0.1) is 5.92 Å². The van der Waals surface area contributed by atoms with Crippen molar-refractivity contribution < 1.29 is 9.59 Å². The van der Waals surface area contributed by atoms with Crippen molar-refractivity contribution in [1.29, 1.82) is 0 Å². The number of nitrogens with one attached hydrogen (secondary N) is 2. The topological polar surface area (TPSA) is 84.2 Å². The molecular weight excluding hydrogens is 313 g/mol. The maximum atomic E-state index is 11.9. The highest BCUT2D eigenvalue weighted by Gasteiger charge is 2.16. The lowest BCUT2D eigenvalue weighted by atomic mass is 10.1. The molecule has 1 rings (SSSR count). The quantitative estimate of drug-likeness (QED) is 0.739. The van der Waals surface area contributed by atoms with E-state index >= 15 is 0 Å². The molecule has 0 aliphatic rings. The van der Waals surface area contributed by atoms with E-state index in [1.54, 1.807) is 31.2 Å². The van der Waals surface area contributed by atoms with E-state index < -0.39 is 6.04 Å². The molecule has 21 heavy (non-hydrogen) atoms. The SMILES string of the molecule is CC(CN)CNC(=O)C(C)NC(=O)c1ccc(Cl)cc1.Cl. The first-order valence-electron chi connectivity index (χ1n) is 6.48. The zero-order chi connectivity index (χ0) is 15.1. The van der Waals surface area contributed by atoms with E-state index in [4.69, 9.17) is 17.3 Å². The lowest BCUT2D eigenvalue weighted by Gasteiger charge is -2.16. The summed E-state index contributed by atoms with van der Waals surface area (Å²) in [4.78, 5) is 23.7. The minimum absolute atomic E-state index is 0. The fourth-order valence-electron chi connectivity index (χ4n) is 1.46. The Morgan fingerprint density at radius 2 is 1.81 bits per heavy atom. The highest BCUT2D eigenvalue weighted by atomic mass is 35.5. The summed E-state index contributed by atoms with van der Waals surface area (Å²) in [6.07, 6.45) is 0. The van der Waals surface area contributed by atoms with E-state index in [0.29, 0.717) is 23.7 Å². The van der Waals surface area contributed by atoms with Crippen LogP contribution in [-0.2, 0) is 4.79 Å². The van der Waals surface area contributed by atoms with Gasteiger partial charge in [-0.2, -0.15) is 0 Å². The molecular formula is C14H21Cl2N3O2. The predicted octanol–water partition coefficient (Wildman–Crippen LogP) is 1.59. The lowest BCUT2D eigenvalue weighted by Crippen LogP contribution is -2.46. The average Bonchev–Trinajstić information content (AvgIpc) is 2.44. The summed E-state index contributed by atoms with van der Waals surface area (Å²) < 4.78 is 0. The summed E-state index contributed by atoms with van der Waals surface area (Å²) in [7, 11) is 0. The largest absolute Gasteiger partial charge is 0.354 e. The average molecular weight is 334 g/mol. The molecule has 5 nitrogen and oxygen atoms in total. The van der Waals surface area contributed by atoms with Crippen molar-refractivity contribution >= 4 is 35.8 Å². The number of hydrogen-bond donors (Lipinski definition) is 3. The van der Waals surface area contributed by atoms with Gasteiger partial charge in [0.1, 0.15) is 6.04 Å². The molecule has 2 atom stereocenters. The zero-order valence-corrected chi connectivity index (χ0v) is 13.6. The Bertz CT molecular complexity index is 466. The van der Waals surface area contributed by atoms with Crippen molar-refractivity contribution in [2.24, 2.45) is 11.7 Å². The summed E-state index contributed by atoms with van der Waals surface area (Å²) in [5.41, 5.74) is 5.93. The van der Waals surface area contributed by atoms with Crippen molar-refractivity contribution in [3.8, 4) is 0 Å². The maximum Gasteiger partial charge on any atom is 0.251 e. The lowest BCUT2D eigenvalue weighted by molar-refractivity contribution is -0.122. The minimum atomic E-state index is -0.608. The summed E-state index contributed by atoms with van der Waals surface area (Å²) >= 11 is 5.75. The zero-order valence-electron chi connectivity index (χ0n) is 12.1. The smallest absolute Gasteiger partial charge is 0.251 e. The van der Waals surface area contributed by atoms with Gasteiger partial charge < -0.3 is 16.4 Å². The molecule has 7 heteroatoms. The standard InChI is InChI=1S/C14H20ClN3O2.ClH/c1-9(7-16)8-17-13(19)10(2)18-14(20)11-3-5-12(15)6-4-11;/h3-6,9-10H,7-8,16H2,1-2H3,(H,17,19)(H,18,20);1H. The van der Waals surface area contributed by atoms with E-state index in [9.17, 15) is 9.59 Å². The molecule has 1 aromatic carbocycles. The van der Waals surface area contributed by atoms with Crippen molar-refractivity contribution in [3.63, 3.8) is 0 Å².